The summed E-state index contributed by atoms with van der Waals surface area (Å²) < 4.78 is 11.5. The number of hydrogen-bond donors (Lipinski definition) is 0. The summed E-state index contributed by atoms with van der Waals surface area (Å²) in [7, 11) is 0. The van der Waals surface area contributed by atoms with Gasteiger partial charge in [0.05, 0.1) is 12.6 Å². The zero-order valence-corrected chi connectivity index (χ0v) is 15.5. The lowest BCUT2D eigenvalue weighted by Gasteiger charge is -2.32. The number of rotatable bonds is 5. The van der Waals surface area contributed by atoms with Gasteiger partial charge in [0.2, 0.25) is 5.69 Å². The Balaban J connectivity index is 1.65. The SMILES string of the molecule is CC(C)Oc1ccc(C(=O)N2CCCC(Oc3nccnc3C#N)C2)cc1. The number of carbonyl (C=O) groups excluding carboxylic acids is 1. The van der Waals surface area contributed by atoms with E-state index in [1.165, 1.54) is 12.4 Å². The Morgan fingerprint density at radius 2 is 2.00 bits per heavy atom. The Labute approximate surface area is 158 Å². The molecule has 7 heteroatoms. The van der Waals surface area contributed by atoms with E-state index in [-0.39, 0.29) is 29.7 Å². The van der Waals surface area contributed by atoms with Gasteiger partial charge in [0.25, 0.3) is 11.8 Å². The molecule has 1 atom stereocenters. The molecule has 0 N–H and O–H groups in total. The third-order valence-corrected chi connectivity index (χ3v) is 4.19. The Morgan fingerprint density at radius 3 is 2.70 bits per heavy atom. The van der Waals surface area contributed by atoms with Gasteiger partial charge < -0.3 is 14.4 Å². The summed E-state index contributed by atoms with van der Waals surface area (Å²) in [6, 6.07) is 9.15. The summed E-state index contributed by atoms with van der Waals surface area (Å²) in [5.74, 6) is 0.918. The number of benzene rings is 1. The van der Waals surface area contributed by atoms with Crippen LogP contribution in [0.4, 0.5) is 0 Å². The van der Waals surface area contributed by atoms with Crippen molar-refractivity contribution < 1.29 is 14.3 Å². The molecular formula is C20H22N4O3. The van der Waals surface area contributed by atoms with Crippen LogP contribution in [0.15, 0.2) is 36.7 Å². The van der Waals surface area contributed by atoms with Gasteiger partial charge in [0.15, 0.2) is 0 Å². The van der Waals surface area contributed by atoms with Gasteiger partial charge in [-0.15, -0.1) is 0 Å². The molecule has 1 aliphatic heterocycles. The van der Waals surface area contributed by atoms with Crippen LogP contribution in [0.1, 0.15) is 42.7 Å². The normalized spacial score (nSPS) is 16.7. The topological polar surface area (TPSA) is 88.3 Å². The molecule has 3 rings (SSSR count). The van der Waals surface area contributed by atoms with Crippen molar-refractivity contribution in [3.8, 4) is 17.7 Å². The Morgan fingerprint density at radius 1 is 1.26 bits per heavy atom. The third-order valence-electron chi connectivity index (χ3n) is 4.19. The van der Waals surface area contributed by atoms with E-state index >= 15 is 0 Å². The van der Waals surface area contributed by atoms with Crippen LogP contribution < -0.4 is 9.47 Å². The smallest absolute Gasteiger partial charge is 0.253 e. The van der Waals surface area contributed by atoms with Gasteiger partial charge in [-0.1, -0.05) is 0 Å². The van der Waals surface area contributed by atoms with Gasteiger partial charge in [-0.2, -0.15) is 5.26 Å². The van der Waals surface area contributed by atoms with E-state index in [4.69, 9.17) is 14.7 Å². The first-order valence-electron chi connectivity index (χ1n) is 9.00. The van der Waals surface area contributed by atoms with Crippen molar-refractivity contribution in [2.45, 2.75) is 38.9 Å². The fraction of sp³-hybridized carbons (Fsp3) is 0.400. The Hall–Kier alpha value is -3.14. The predicted octanol–water partition coefficient (Wildman–Crippen LogP) is 2.82. The van der Waals surface area contributed by atoms with Crippen LogP contribution in [-0.4, -0.2) is 46.1 Å². The highest BCUT2D eigenvalue weighted by Gasteiger charge is 2.26. The van der Waals surface area contributed by atoms with Gasteiger partial charge in [-0.3, -0.25) is 4.79 Å². The highest BCUT2D eigenvalue weighted by molar-refractivity contribution is 5.94. The second-order valence-electron chi connectivity index (χ2n) is 6.65. The number of carbonyl (C=O) groups is 1. The molecule has 0 radical (unpaired) electrons. The number of likely N-dealkylation sites (tertiary alicyclic amines) is 1. The molecule has 1 amide bonds. The lowest BCUT2D eigenvalue weighted by Crippen LogP contribution is -2.44. The van der Waals surface area contributed by atoms with E-state index in [2.05, 4.69) is 9.97 Å². The maximum absolute atomic E-state index is 12.8. The molecule has 2 heterocycles. The molecule has 1 saturated heterocycles. The monoisotopic (exact) mass is 366 g/mol. The van der Waals surface area contributed by atoms with Crippen molar-refractivity contribution in [2.75, 3.05) is 13.1 Å². The molecule has 1 unspecified atom stereocenters. The number of piperidine rings is 1. The fourth-order valence-corrected chi connectivity index (χ4v) is 3.00. The minimum atomic E-state index is -0.213. The lowest BCUT2D eigenvalue weighted by molar-refractivity contribution is 0.0526. The maximum atomic E-state index is 12.8. The highest BCUT2D eigenvalue weighted by atomic mass is 16.5. The molecule has 140 valence electrons. The molecule has 1 aromatic heterocycles. The van der Waals surface area contributed by atoms with E-state index in [9.17, 15) is 4.79 Å². The van der Waals surface area contributed by atoms with Crippen molar-refractivity contribution in [2.24, 2.45) is 0 Å². The predicted molar refractivity (Wildman–Crippen MR) is 98.5 cm³/mol. The van der Waals surface area contributed by atoms with Crippen molar-refractivity contribution >= 4 is 5.91 Å². The zero-order chi connectivity index (χ0) is 19.2. The molecule has 7 nitrogen and oxygen atoms in total. The minimum Gasteiger partial charge on any atom is -0.491 e. The van der Waals surface area contributed by atoms with Crippen molar-refractivity contribution in [3.63, 3.8) is 0 Å². The number of nitrogens with zero attached hydrogens (tertiary/aromatic N) is 4. The summed E-state index contributed by atoms with van der Waals surface area (Å²) in [6.45, 7) is 5.04. The second-order valence-corrected chi connectivity index (χ2v) is 6.65. The van der Waals surface area contributed by atoms with Crippen LogP contribution >= 0.6 is 0 Å². The number of aromatic nitrogens is 2. The van der Waals surface area contributed by atoms with Crippen molar-refractivity contribution in [1.29, 1.82) is 5.26 Å². The summed E-state index contributed by atoms with van der Waals surface area (Å²) in [5.41, 5.74) is 0.769. The van der Waals surface area contributed by atoms with Crippen LogP contribution in [0.5, 0.6) is 11.6 Å². The average molecular weight is 366 g/mol. The molecule has 0 spiro atoms. The number of nitriles is 1. The van der Waals surface area contributed by atoms with E-state index in [1.807, 2.05) is 32.0 Å². The third kappa shape index (κ3) is 4.73. The molecule has 0 saturated carbocycles. The Kier molecular flexibility index (Phi) is 5.87. The van der Waals surface area contributed by atoms with Crippen LogP contribution in [0, 0.1) is 11.3 Å². The average Bonchev–Trinajstić information content (AvgIpc) is 2.68. The summed E-state index contributed by atoms with van der Waals surface area (Å²) >= 11 is 0. The first kappa shape index (κ1) is 18.6. The molecule has 0 aliphatic carbocycles. The maximum Gasteiger partial charge on any atom is 0.253 e. The van der Waals surface area contributed by atoms with Crippen molar-refractivity contribution in [1.82, 2.24) is 14.9 Å². The first-order chi connectivity index (χ1) is 13.1. The van der Waals surface area contributed by atoms with E-state index in [1.54, 1.807) is 17.0 Å². The highest BCUT2D eigenvalue weighted by Crippen LogP contribution is 2.21. The van der Waals surface area contributed by atoms with Gasteiger partial charge >= 0.3 is 0 Å². The van der Waals surface area contributed by atoms with Crippen LogP contribution in [0.3, 0.4) is 0 Å². The molecule has 1 aromatic carbocycles. The Bertz CT molecular complexity index is 830. The first-order valence-corrected chi connectivity index (χ1v) is 9.00. The van der Waals surface area contributed by atoms with Gasteiger partial charge in [0, 0.05) is 24.5 Å². The quantitative estimate of drug-likeness (QED) is 0.808. The fourth-order valence-electron chi connectivity index (χ4n) is 3.00. The largest absolute Gasteiger partial charge is 0.491 e. The summed E-state index contributed by atoms with van der Waals surface area (Å²) in [6.07, 6.45) is 4.44. The van der Waals surface area contributed by atoms with Gasteiger partial charge in [0.1, 0.15) is 17.9 Å². The van der Waals surface area contributed by atoms with Crippen molar-refractivity contribution in [3.05, 3.63) is 47.9 Å². The van der Waals surface area contributed by atoms with E-state index in [0.29, 0.717) is 18.7 Å². The summed E-state index contributed by atoms with van der Waals surface area (Å²) in [4.78, 5) is 22.6. The second kappa shape index (κ2) is 8.49. The van der Waals surface area contributed by atoms with E-state index < -0.39 is 0 Å². The standard InChI is InChI=1S/C20H22N4O3/c1-14(2)26-16-7-5-15(6-8-16)20(25)24-11-3-4-17(13-24)27-19-18(12-21)22-9-10-23-19/h5-10,14,17H,3-4,11,13H2,1-2H3. The van der Waals surface area contributed by atoms with Gasteiger partial charge in [-0.25, -0.2) is 9.97 Å². The van der Waals surface area contributed by atoms with Crippen LogP contribution in [0.25, 0.3) is 0 Å². The van der Waals surface area contributed by atoms with Crippen LogP contribution in [-0.2, 0) is 0 Å². The zero-order valence-electron chi connectivity index (χ0n) is 15.5. The summed E-state index contributed by atoms with van der Waals surface area (Å²) in [5, 5.41) is 9.11. The molecular weight excluding hydrogens is 344 g/mol. The van der Waals surface area contributed by atoms with E-state index in [0.717, 1.165) is 18.6 Å². The molecule has 0 bridgehead atoms. The molecule has 1 aliphatic rings. The lowest BCUT2D eigenvalue weighted by atomic mass is 10.1. The molecule has 1 fully saturated rings. The minimum absolute atomic E-state index is 0.0425. The van der Waals surface area contributed by atoms with Gasteiger partial charge in [-0.05, 0) is 51.0 Å². The number of hydrogen-bond acceptors (Lipinski definition) is 6. The number of amides is 1. The van der Waals surface area contributed by atoms with Crippen LogP contribution in [0.2, 0.25) is 0 Å². The molecule has 27 heavy (non-hydrogen) atoms. The molecule has 2 aromatic rings. The number of ether oxygens (including phenoxy) is 2.